The number of rotatable bonds is 69. The van der Waals surface area contributed by atoms with E-state index in [1.807, 2.05) is 21.1 Å². The molecule has 0 aromatic carbocycles. The van der Waals surface area contributed by atoms with E-state index in [4.69, 9.17) is 18.9 Å². The van der Waals surface area contributed by atoms with Crippen LogP contribution in [-0.4, -0.2) is 82.3 Å². The Morgan fingerprint density at radius 1 is 0.330 bits per heavy atom. The number of quaternary nitrogens is 1. The summed E-state index contributed by atoms with van der Waals surface area (Å²) in [7, 11) is 5.94. The largest absolute Gasteiger partial charge is 0.545 e. The van der Waals surface area contributed by atoms with Crippen LogP contribution in [0.25, 0.3) is 0 Å². The van der Waals surface area contributed by atoms with Crippen LogP contribution in [0.5, 0.6) is 0 Å². The van der Waals surface area contributed by atoms with Gasteiger partial charge in [-0.05, 0) is 103 Å². The number of likely N-dealkylation sites (N-methyl/N-ethyl adjacent to an activating group) is 1. The molecule has 0 aromatic heterocycles. The highest BCUT2D eigenvalue weighted by Crippen LogP contribution is 2.18. The summed E-state index contributed by atoms with van der Waals surface area (Å²) in [5, 5.41) is 11.8. The lowest BCUT2D eigenvalue weighted by atomic mass is 10.0. The number of carbonyl (C=O) groups excluding carboxylic acids is 3. The zero-order chi connectivity index (χ0) is 66.1. The van der Waals surface area contributed by atoms with Crippen LogP contribution in [-0.2, 0) is 33.3 Å². The molecule has 0 saturated carbocycles. The molecule has 522 valence electrons. The number of hydrogen-bond donors (Lipinski definition) is 0. The average molecular weight is 1270 g/mol. The Balaban J connectivity index is 4.05. The Morgan fingerprint density at radius 2 is 0.593 bits per heavy atom. The molecular weight excluding hydrogens is 1130 g/mol. The quantitative estimate of drug-likeness (QED) is 0.0195. The third kappa shape index (κ3) is 73.0. The summed E-state index contributed by atoms with van der Waals surface area (Å²) in [6.07, 6.45) is 98.7. The number of nitrogens with zero attached hydrogens (tertiary/aromatic N) is 1. The highest BCUT2D eigenvalue weighted by Gasteiger charge is 2.22. The summed E-state index contributed by atoms with van der Waals surface area (Å²) in [6.45, 7) is 4.55. The van der Waals surface area contributed by atoms with Crippen molar-refractivity contribution in [2.45, 2.75) is 334 Å². The lowest BCUT2D eigenvalue weighted by molar-refractivity contribution is -0.870. The Kier molecular flexibility index (Phi) is 68.1. The zero-order valence-electron chi connectivity index (χ0n) is 59.7. The second kappa shape index (κ2) is 71.5. The van der Waals surface area contributed by atoms with Gasteiger partial charge in [0.1, 0.15) is 13.2 Å². The first-order valence-electron chi connectivity index (χ1n) is 37.7. The average Bonchev–Trinajstić information content (AvgIpc) is 3.50. The van der Waals surface area contributed by atoms with Gasteiger partial charge in [0.2, 0.25) is 0 Å². The molecule has 0 fully saturated rings. The lowest BCUT2D eigenvalue weighted by Crippen LogP contribution is -2.44. The van der Waals surface area contributed by atoms with Gasteiger partial charge in [-0.25, -0.2) is 0 Å². The Morgan fingerprint density at radius 3 is 0.879 bits per heavy atom. The van der Waals surface area contributed by atoms with Gasteiger partial charge in [0, 0.05) is 12.8 Å². The fourth-order valence-corrected chi connectivity index (χ4v) is 10.5. The fraction of sp³-hybridized carbons (Fsp3) is 0.720. The SMILES string of the molecule is CC/C=C\C/C=C\C/C=C\C/C=C\C/C=C\CCCCCCCCCCCCCCCCCCCCCCCC(=O)OC(COC(=O)CCCCCCCCCCCCCCC/C=C\C/C=C\C/C=C\C/C=C\C/C=C\CC)COC(OCC[N+](C)(C)C)C(=O)[O-]. The van der Waals surface area contributed by atoms with Gasteiger partial charge in [-0.2, -0.15) is 0 Å². The summed E-state index contributed by atoms with van der Waals surface area (Å²) in [6, 6.07) is 0. The molecule has 9 heteroatoms. The van der Waals surface area contributed by atoms with E-state index >= 15 is 0 Å². The van der Waals surface area contributed by atoms with Gasteiger partial charge < -0.3 is 33.3 Å². The minimum absolute atomic E-state index is 0.145. The van der Waals surface area contributed by atoms with E-state index < -0.39 is 24.3 Å². The van der Waals surface area contributed by atoms with Gasteiger partial charge in [0.05, 0.1) is 40.3 Å². The fourth-order valence-electron chi connectivity index (χ4n) is 10.5. The maximum Gasteiger partial charge on any atom is 0.306 e. The third-order valence-corrected chi connectivity index (χ3v) is 16.2. The summed E-state index contributed by atoms with van der Waals surface area (Å²) >= 11 is 0. The Bertz CT molecular complexity index is 1910. The molecule has 9 nitrogen and oxygen atoms in total. The second-order valence-electron chi connectivity index (χ2n) is 26.2. The van der Waals surface area contributed by atoms with E-state index in [0.717, 1.165) is 96.3 Å². The highest BCUT2D eigenvalue weighted by molar-refractivity contribution is 5.70. The third-order valence-electron chi connectivity index (χ3n) is 16.2. The first-order chi connectivity index (χ1) is 44.6. The maximum absolute atomic E-state index is 13.0. The number of carbonyl (C=O) groups is 3. The number of aliphatic carboxylic acids is 1. The van der Waals surface area contributed by atoms with Gasteiger partial charge in [0.15, 0.2) is 12.4 Å². The van der Waals surface area contributed by atoms with Crippen LogP contribution in [0.15, 0.2) is 122 Å². The van der Waals surface area contributed by atoms with Crippen LogP contribution in [0, 0.1) is 0 Å². The van der Waals surface area contributed by atoms with Crippen molar-refractivity contribution in [3.05, 3.63) is 122 Å². The van der Waals surface area contributed by atoms with Crippen LogP contribution < -0.4 is 5.11 Å². The molecular formula is C82H141NO8. The summed E-state index contributed by atoms with van der Waals surface area (Å²) < 4.78 is 22.8. The molecule has 2 atom stereocenters. The van der Waals surface area contributed by atoms with Crippen molar-refractivity contribution < 1.29 is 42.9 Å². The molecule has 0 aliphatic carbocycles. The summed E-state index contributed by atoms with van der Waals surface area (Å²) in [5.74, 6) is -2.27. The molecule has 0 bridgehead atoms. The molecule has 0 N–H and O–H groups in total. The van der Waals surface area contributed by atoms with Gasteiger partial charge in [-0.1, -0.05) is 328 Å². The minimum atomic E-state index is -1.63. The molecule has 0 aliphatic heterocycles. The molecule has 0 aromatic rings. The van der Waals surface area contributed by atoms with Crippen molar-refractivity contribution in [2.24, 2.45) is 0 Å². The number of carboxylic acids is 1. The molecule has 0 radical (unpaired) electrons. The van der Waals surface area contributed by atoms with E-state index in [-0.39, 0.29) is 38.6 Å². The molecule has 0 heterocycles. The highest BCUT2D eigenvalue weighted by atomic mass is 16.7. The lowest BCUT2D eigenvalue weighted by Gasteiger charge is -2.26. The van der Waals surface area contributed by atoms with Crippen molar-refractivity contribution in [1.29, 1.82) is 0 Å². The van der Waals surface area contributed by atoms with Crippen molar-refractivity contribution in [3.8, 4) is 0 Å². The molecule has 0 rings (SSSR count). The number of ether oxygens (including phenoxy) is 4. The van der Waals surface area contributed by atoms with Gasteiger partial charge >= 0.3 is 11.9 Å². The molecule has 0 aliphatic rings. The smallest absolute Gasteiger partial charge is 0.306 e. The van der Waals surface area contributed by atoms with Crippen LogP contribution in [0.4, 0.5) is 0 Å². The van der Waals surface area contributed by atoms with Crippen LogP contribution in [0.3, 0.4) is 0 Å². The first kappa shape index (κ1) is 86.7. The number of esters is 2. The first-order valence-corrected chi connectivity index (χ1v) is 37.7. The molecule has 91 heavy (non-hydrogen) atoms. The number of carboxylic acid groups (broad SMARTS) is 1. The van der Waals surface area contributed by atoms with Gasteiger partial charge in [-0.15, -0.1) is 0 Å². The van der Waals surface area contributed by atoms with Crippen LogP contribution in [0.2, 0.25) is 0 Å². The molecule has 0 amide bonds. The topological polar surface area (TPSA) is 111 Å². The van der Waals surface area contributed by atoms with Crippen LogP contribution in [0.1, 0.15) is 322 Å². The minimum Gasteiger partial charge on any atom is -0.545 e. The Hall–Kier alpha value is -4.31. The Labute approximate surface area is 561 Å². The summed E-state index contributed by atoms with van der Waals surface area (Å²) in [5.41, 5.74) is 0. The number of allylic oxidation sites excluding steroid dienone is 20. The van der Waals surface area contributed by atoms with E-state index in [0.29, 0.717) is 17.4 Å². The van der Waals surface area contributed by atoms with Crippen LogP contribution >= 0.6 is 0 Å². The summed E-state index contributed by atoms with van der Waals surface area (Å²) in [4.78, 5) is 37.6. The van der Waals surface area contributed by atoms with E-state index in [2.05, 4.69) is 135 Å². The predicted octanol–water partition coefficient (Wildman–Crippen LogP) is 22.6. The predicted molar refractivity (Wildman–Crippen MR) is 389 cm³/mol. The van der Waals surface area contributed by atoms with Gasteiger partial charge in [0.25, 0.3) is 0 Å². The number of unbranched alkanes of at least 4 members (excludes halogenated alkanes) is 34. The van der Waals surface area contributed by atoms with Gasteiger partial charge in [-0.3, -0.25) is 9.59 Å². The maximum atomic E-state index is 13.0. The standard InChI is InChI=1S/C82H141NO8/c1-6-8-10-12-14-16-18-20-22-24-26-28-30-32-34-36-37-38-39-40-41-42-43-45-47-49-51-53-55-57-59-61-63-65-67-69-71-73-80(85)91-78(77-90-82(81(86)87)88-75-74-83(3,4)5)76-89-79(84)72-70-68-66-64-62-60-58-56-54-52-50-48-46-44-35-33-31-29-27-25-23-21-19-17-15-13-11-9-7-2/h8-11,14-17,20-23,26-29,32-35,78,82H,6-7,12-13,18-19,24-25,30-31,36-77H2,1-5H3/b10-8-,11-9-,16-14-,17-15-,22-20-,23-21-,28-26-,29-27-,34-32-,35-33-. The van der Waals surface area contributed by atoms with Crippen molar-refractivity contribution in [2.75, 3.05) is 47.5 Å². The number of hydrogen-bond acceptors (Lipinski definition) is 8. The van der Waals surface area contributed by atoms with E-state index in [9.17, 15) is 19.5 Å². The molecule has 0 saturated heterocycles. The van der Waals surface area contributed by atoms with Crippen molar-refractivity contribution >= 4 is 17.9 Å². The van der Waals surface area contributed by atoms with Crippen molar-refractivity contribution in [1.82, 2.24) is 0 Å². The normalized spacial score (nSPS) is 13.4. The van der Waals surface area contributed by atoms with Crippen molar-refractivity contribution in [3.63, 3.8) is 0 Å². The monoisotopic (exact) mass is 1270 g/mol. The zero-order valence-corrected chi connectivity index (χ0v) is 59.7. The molecule has 0 spiro atoms. The van der Waals surface area contributed by atoms with E-state index in [1.54, 1.807) is 0 Å². The molecule has 2 unspecified atom stereocenters. The van der Waals surface area contributed by atoms with E-state index in [1.165, 1.54) is 193 Å². The second-order valence-corrected chi connectivity index (χ2v) is 26.2.